The molecule has 25 heavy (non-hydrogen) atoms. The maximum Gasteiger partial charge on any atom is 0.257 e. The van der Waals surface area contributed by atoms with Crippen molar-refractivity contribution in [2.45, 2.75) is 19.9 Å². The second kappa shape index (κ2) is 7.61. The highest BCUT2D eigenvalue weighted by atomic mass is 16.5. The van der Waals surface area contributed by atoms with Crippen LogP contribution in [0.4, 0.5) is 0 Å². The summed E-state index contributed by atoms with van der Waals surface area (Å²) < 4.78 is 7.35. The van der Waals surface area contributed by atoms with Crippen LogP contribution >= 0.6 is 0 Å². The zero-order valence-corrected chi connectivity index (χ0v) is 14.2. The normalized spacial score (nSPS) is 11.8. The Morgan fingerprint density at radius 1 is 1.24 bits per heavy atom. The van der Waals surface area contributed by atoms with Crippen molar-refractivity contribution < 1.29 is 9.53 Å². The predicted molar refractivity (Wildman–Crippen MR) is 94.9 cm³/mol. The van der Waals surface area contributed by atoms with Gasteiger partial charge in [0.25, 0.3) is 5.91 Å². The van der Waals surface area contributed by atoms with Gasteiger partial charge in [0.15, 0.2) is 0 Å². The monoisotopic (exact) mass is 336 g/mol. The van der Waals surface area contributed by atoms with Gasteiger partial charge in [-0.05, 0) is 43.7 Å². The topological polar surface area (TPSA) is 69.0 Å². The van der Waals surface area contributed by atoms with E-state index in [1.807, 2.05) is 48.9 Å². The van der Waals surface area contributed by atoms with E-state index in [1.165, 1.54) is 0 Å². The fraction of sp³-hybridized carbons (Fsp3) is 0.211. The Balaban J connectivity index is 1.71. The number of nitrogens with one attached hydrogen (secondary N) is 1. The molecule has 0 bridgehead atoms. The summed E-state index contributed by atoms with van der Waals surface area (Å²) in [4.78, 5) is 20.7. The number of imidazole rings is 1. The van der Waals surface area contributed by atoms with Crippen LogP contribution in [0.3, 0.4) is 0 Å². The van der Waals surface area contributed by atoms with Crippen LogP contribution in [-0.4, -0.2) is 27.0 Å². The van der Waals surface area contributed by atoms with Crippen LogP contribution in [0.15, 0.2) is 61.3 Å². The molecule has 1 aromatic carbocycles. The quantitative estimate of drug-likeness (QED) is 0.751. The summed E-state index contributed by atoms with van der Waals surface area (Å²) >= 11 is 0. The molecule has 0 aliphatic heterocycles. The Kier molecular flexibility index (Phi) is 5.09. The van der Waals surface area contributed by atoms with Gasteiger partial charge in [-0.25, -0.2) is 9.97 Å². The van der Waals surface area contributed by atoms with Crippen molar-refractivity contribution in [1.29, 1.82) is 0 Å². The van der Waals surface area contributed by atoms with E-state index in [0.29, 0.717) is 18.1 Å². The molecule has 0 aliphatic rings. The van der Waals surface area contributed by atoms with Crippen molar-refractivity contribution in [2.75, 3.05) is 6.61 Å². The minimum atomic E-state index is -0.206. The van der Waals surface area contributed by atoms with Gasteiger partial charge in [-0.3, -0.25) is 4.79 Å². The van der Waals surface area contributed by atoms with Crippen LogP contribution in [0.25, 0.3) is 5.69 Å². The molecule has 1 amide bonds. The molecular formula is C19H20N4O2. The molecule has 1 atom stereocenters. The van der Waals surface area contributed by atoms with Crippen LogP contribution in [-0.2, 0) is 0 Å². The number of carbonyl (C=O) groups excluding carboxylic acids is 1. The minimum Gasteiger partial charge on any atom is -0.477 e. The third kappa shape index (κ3) is 3.85. The number of benzene rings is 1. The van der Waals surface area contributed by atoms with Gasteiger partial charge < -0.3 is 14.6 Å². The fourth-order valence-corrected chi connectivity index (χ4v) is 2.52. The summed E-state index contributed by atoms with van der Waals surface area (Å²) in [5.74, 6) is 0.146. The van der Waals surface area contributed by atoms with Gasteiger partial charge in [0.1, 0.15) is 5.56 Å². The zero-order chi connectivity index (χ0) is 17.6. The molecule has 0 spiro atoms. The van der Waals surface area contributed by atoms with Gasteiger partial charge >= 0.3 is 0 Å². The Morgan fingerprint density at radius 3 is 2.72 bits per heavy atom. The average molecular weight is 336 g/mol. The highest BCUT2D eigenvalue weighted by Crippen LogP contribution is 2.19. The average Bonchev–Trinajstić information content (AvgIpc) is 3.17. The van der Waals surface area contributed by atoms with Crippen molar-refractivity contribution in [3.05, 3.63) is 72.4 Å². The summed E-state index contributed by atoms with van der Waals surface area (Å²) in [5.41, 5.74) is 2.47. The molecule has 0 saturated carbocycles. The minimum absolute atomic E-state index is 0.140. The van der Waals surface area contributed by atoms with E-state index in [1.54, 1.807) is 30.9 Å². The van der Waals surface area contributed by atoms with E-state index in [2.05, 4.69) is 15.3 Å². The van der Waals surface area contributed by atoms with Gasteiger partial charge in [-0.2, -0.15) is 0 Å². The molecule has 3 rings (SSSR count). The van der Waals surface area contributed by atoms with Gasteiger partial charge in [0.05, 0.1) is 19.0 Å². The van der Waals surface area contributed by atoms with Gasteiger partial charge in [0.2, 0.25) is 5.88 Å². The number of rotatable bonds is 6. The van der Waals surface area contributed by atoms with E-state index < -0.39 is 0 Å². The van der Waals surface area contributed by atoms with Gasteiger partial charge in [-0.15, -0.1) is 0 Å². The Labute approximate surface area is 146 Å². The molecule has 6 heteroatoms. The number of aromatic nitrogens is 3. The lowest BCUT2D eigenvalue weighted by atomic mass is 10.1. The second-order valence-electron chi connectivity index (χ2n) is 5.55. The molecule has 0 radical (unpaired) electrons. The molecule has 0 saturated heterocycles. The highest BCUT2D eigenvalue weighted by molar-refractivity contribution is 5.96. The number of carbonyl (C=O) groups is 1. The molecular weight excluding hydrogens is 316 g/mol. The maximum atomic E-state index is 12.5. The highest BCUT2D eigenvalue weighted by Gasteiger charge is 2.16. The number of nitrogens with zero attached hydrogens (tertiary/aromatic N) is 3. The SMILES string of the molecule is CCOc1ncccc1C(=O)N[C@@H](C)c1ccc(-n2ccnc2)cc1. The van der Waals surface area contributed by atoms with E-state index in [9.17, 15) is 4.79 Å². The number of ether oxygens (including phenoxy) is 1. The summed E-state index contributed by atoms with van der Waals surface area (Å²) in [5, 5.41) is 2.99. The predicted octanol–water partition coefficient (Wildman–Crippen LogP) is 3.16. The maximum absolute atomic E-state index is 12.5. The first-order valence-corrected chi connectivity index (χ1v) is 8.16. The summed E-state index contributed by atoms with van der Waals surface area (Å²) in [7, 11) is 0. The molecule has 128 valence electrons. The fourth-order valence-electron chi connectivity index (χ4n) is 2.52. The van der Waals surface area contributed by atoms with Crippen molar-refractivity contribution in [3.8, 4) is 11.6 Å². The van der Waals surface area contributed by atoms with E-state index in [-0.39, 0.29) is 11.9 Å². The van der Waals surface area contributed by atoms with Crippen molar-refractivity contribution >= 4 is 5.91 Å². The summed E-state index contributed by atoms with van der Waals surface area (Å²) in [6.45, 7) is 4.27. The van der Waals surface area contributed by atoms with Gasteiger partial charge in [-0.1, -0.05) is 12.1 Å². The van der Waals surface area contributed by atoms with Crippen LogP contribution < -0.4 is 10.1 Å². The van der Waals surface area contributed by atoms with Crippen molar-refractivity contribution in [3.63, 3.8) is 0 Å². The lowest BCUT2D eigenvalue weighted by Gasteiger charge is -2.16. The Morgan fingerprint density at radius 2 is 2.04 bits per heavy atom. The number of hydrogen-bond acceptors (Lipinski definition) is 4. The lowest BCUT2D eigenvalue weighted by Crippen LogP contribution is -2.27. The Hall–Kier alpha value is -3.15. The van der Waals surface area contributed by atoms with Crippen molar-refractivity contribution in [2.24, 2.45) is 0 Å². The third-order valence-corrected chi connectivity index (χ3v) is 3.84. The molecule has 3 aromatic rings. The van der Waals surface area contributed by atoms with Crippen LogP contribution in [0, 0.1) is 0 Å². The molecule has 2 aromatic heterocycles. The van der Waals surface area contributed by atoms with Crippen LogP contribution in [0.5, 0.6) is 5.88 Å². The summed E-state index contributed by atoms with van der Waals surface area (Å²) in [6, 6.07) is 11.3. The number of hydrogen-bond donors (Lipinski definition) is 1. The molecule has 0 unspecified atom stereocenters. The van der Waals surface area contributed by atoms with E-state index >= 15 is 0 Å². The molecule has 2 heterocycles. The molecule has 0 fully saturated rings. The first kappa shape index (κ1) is 16.7. The second-order valence-corrected chi connectivity index (χ2v) is 5.55. The van der Waals surface area contributed by atoms with E-state index in [0.717, 1.165) is 11.3 Å². The molecule has 1 N–H and O–H groups in total. The van der Waals surface area contributed by atoms with Gasteiger partial charge in [0, 0.05) is 24.3 Å². The zero-order valence-electron chi connectivity index (χ0n) is 14.2. The third-order valence-electron chi connectivity index (χ3n) is 3.84. The molecule has 6 nitrogen and oxygen atoms in total. The smallest absolute Gasteiger partial charge is 0.257 e. The van der Waals surface area contributed by atoms with E-state index in [4.69, 9.17) is 4.74 Å². The van der Waals surface area contributed by atoms with Crippen LogP contribution in [0.1, 0.15) is 35.8 Å². The number of amides is 1. The summed E-state index contributed by atoms with van der Waals surface area (Å²) in [6.07, 6.45) is 6.98. The molecule has 0 aliphatic carbocycles. The van der Waals surface area contributed by atoms with Crippen LogP contribution in [0.2, 0.25) is 0 Å². The van der Waals surface area contributed by atoms with Crippen molar-refractivity contribution in [1.82, 2.24) is 19.9 Å². The standard InChI is InChI=1S/C19H20N4O2/c1-3-25-19-17(5-4-10-21-19)18(24)22-14(2)15-6-8-16(9-7-15)23-12-11-20-13-23/h4-14H,3H2,1-2H3,(H,22,24)/t14-/m0/s1. The first-order valence-electron chi connectivity index (χ1n) is 8.16. The number of pyridine rings is 1. The first-order chi connectivity index (χ1) is 12.2. The largest absolute Gasteiger partial charge is 0.477 e. The lowest BCUT2D eigenvalue weighted by molar-refractivity contribution is 0.0935. The Bertz CT molecular complexity index is 829.